The summed E-state index contributed by atoms with van der Waals surface area (Å²) >= 11 is 7.58. The van der Waals surface area contributed by atoms with Crippen LogP contribution in [0, 0.1) is 0 Å². The molecule has 0 bridgehead atoms. The Labute approximate surface area is 174 Å². The number of hydrogen-bond acceptors (Lipinski definition) is 5. The number of thioether (sulfide) groups is 1. The maximum atomic E-state index is 12.9. The van der Waals surface area contributed by atoms with Gasteiger partial charge in [-0.25, -0.2) is 8.42 Å². The SMILES string of the molecule is CSc1cccc(NC(=O)COc2ccc(Cl)cc2S(=O)(=O)N2CCCC2)c1. The van der Waals surface area contributed by atoms with Crippen LogP contribution < -0.4 is 10.1 Å². The Bertz CT molecular complexity index is 960. The Hall–Kier alpha value is -1.74. The van der Waals surface area contributed by atoms with Crippen molar-refractivity contribution in [3.05, 3.63) is 47.5 Å². The first-order chi connectivity index (χ1) is 13.4. The molecule has 1 aliphatic heterocycles. The van der Waals surface area contributed by atoms with Gasteiger partial charge >= 0.3 is 0 Å². The highest BCUT2D eigenvalue weighted by Crippen LogP contribution is 2.31. The number of carbonyl (C=O) groups is 1. The molecule has 1 amide bonds. The van der Waals surface area contributed by atoms with Crippen molar-refractivity contribution in [2.24, 2.45) is 0 Å². The molecule has 0 unspecified atom stereocenters. The van der Waals surface area contributed by atoms with Crippen molar-refractivity contribution >= 4 is 45.0 Å². The Morgan fingerprint density at radius 3 is 2.68 bits per heavy atom. The largest absolute Gasteiger partial charge is 0.482 e. The van der Waals surface area contributed by atoms with Gasteiger partial charge < -0.3 is 10.1 Å². The number of rotatable bonds is 7. The first-order valence-corrected chi connectivity index (χ1v) is 11.8. The lowest BCUT2D eigenvalue weighted by Crippen LogP contribution is -2.28. The molecule has 0 saturated carbocycles. The maximum absolute atomic E-state index is 12.9. The van der Waals surface area contributed by atoms with Crippen LogP contribution in [0.1, 0.15) is 12.8 Å². The molecule has 0 aromatic heterocycles. The van der Waals surface area contributed by atoms with Crippen molar-refractivity contribution in [3.63, 3.8) is 0 Å². The molecule has 1 heterocycles. The second-order valence-corrected chi connectivity index (χ2v) is 9.49. The van der Waals surface area contributed by atoms with Crippen molar-refractivity contribution < 1.29 is 17.9 Å². The zero-order chi connectivity index (χ0) is 20.1. The minimum Gasteiger partial charge on any atom is -0.482 e. The minimum absolute atomic E-state index is 0.0147. The molecule has 1 N–H and O–H groups in total. The van der Waals surface area contributed by atoms with E-state index in [1.54, 1.807) is 23.9 Å². The summed E-state index contributed by atoms with van der Waals surface area (Å²) in [6, 6.07) is 11.8. The zero-order valence-electron chi connectivity index (χ0n) is 15.4. The van der Waals surface area contributed by atoms with Gasteiger partial charge in [-0.1, -0.05) is 17.7 Å². The molecular formula is C19H21ClN2O4S2. The number of carbonyl (C=O) groups excluding carboxylic acids is 1. The van der Waals surface area contributed by atoms with Gasteiger partial charge in [-0.2, -0.15) is 4.31 Å². The minimum atomic E-state index is -3.72. The average Bonchev–Trinajstić information content (AvgIpc) is 3.23. The van der Waals surface area contributed by atoms with Gasteiger partial charge in [0.15, 0.2) is 6.61 Å². The summed E-state index contributed by atoms with van der Waals surface area (Å²) in [6.07, 6.45) is 3.61. The lowest BCUT2D eigenvalue weighted by atomic mass is 10.3. The van der Waals surface area contributed by atoms with Crippen LogP contribution in [0.4, 0.5) is 5.69 Å². The molecule has 1 saturated heterocycles. The highest BCUT2D eigenvalue weighted by molar-refractivity contribution is 7.98. The summed E-state index contributed by atoms with van der Waals surface area (Å²) in [5.74, 6) is -0.262. The number of amides is 1. The maximum Gasteiger partial charge on any atom is 0.262 e. The first kappa shape index (κ1) is 21.0. The first-order valence-electron chi connectivity index (χ1n) is 8.76. The van der Waals surface area contributed by atoms with Gasteiger partial charge in [-0.3, -0.25) is 4.79 Å². The van der Waals surface area contributed by atoms with E-state index in [4.69, 9.17) is 16.3 Å². The number of ether oxygens (including phenoxy) is 1. The van der Waals surface area contributed by atoms with Gasteiger partial charge in [-0.05, 0) is 55.5 Å². The summed E-state index contributed by atoms with van der Waals surface area (Å²) in [7, 11) is -3.72. The fourth-order valence-electron chi connectivity index (χ4n) is 2.91. The van der Waals surface area contributed by atoms with Crippen LogP contribution in [0.5, 0.6) is 5.75 Å². The average molecular weight is 441 g/mol. The molecule has 0 aliphatic carbocycles. The third-order valence-electron chi connectivity index (χ3n) is 4.30. The fourth-order valence-corrected chi connectivity index (χ4v) is 5.28. The van der Waals surface area contributed by atoms with Crippen LogP contribution in [0.3, 0.4) is 0 Å². The van der Waals surface area contributed by atoms with Gasteiger partial charge in [-0.15, -0.1) is 11.8 Å². The summed E-state index contributed by atoms with van der Waals surface area (Å²) in [5, 5.41) is 3.04. The number of benzene rings is 2. The van der Waals surface area contributed by atoms with Gasteiger partial charge in [0, 0.05) is 28.7 Å². The fraction of sp³-hybridized carbons (Fsp3) is 0.316. The van der Waals surface area contributed by atoms with E-state index in [1.165, 1.54) is 16.4 Å². The third kappa shape index (κ3) is 5.00. The summed E-state index contributed by atoms with van der Waals surface area (Å²) in [6.45, 7) is 0.634. The quantitative estimate of drug-likeness (QED) is 0.661. The van der Waals surface area contributed by atoms with Crippen molar-refractivity contribution in [1.29, 1.82) is 0 Å². The number of nitrogens with zero attached hydrogens (tertiary/aromatic N) is 1. The summed E-state index contributed by atoms with van der Waals surface area (Å²) < 4.78 is 32.8. The molecule has 6 nitrogen and oxygen atoms in total. The molecule has 28 heavy (non-hydrogen) atoms. The van der Waals surface area contributed by atoms with Crippen molar-refractivity contribution in [1.82, 2.24) is 4.31 Å². The number of hydrogen-bond donors (Lipinski definition) is 1. The molecule has 1 fully saturated rings. The van der Waals surface area contributed by atoms with Crippen LogP contribution in [0.25, 0.3) is 0 Å². The Balaban J connectivity index is 1.72. The van der Waals surface area contributed by atoms with Crippen LogP contribution in [0.2, 0.25) is 5.02 Å². The summed E-state index contributed by atoms with van der Waals surface area (Å²) in [4.78, 5) is 13.2. The van der Waals surface area contributed by atoms with E-state index < -0.39 is 10.0 Å². The Kier molecular flexibility index (Phi) is 6.87. The van der Waals surface area contributed by atoms with Gasteiger partial charge in [0.2, 0.25) is 10.0 Å². The lowest BCUT2D eigenvalue weighted by Gasteiger charge is -2.18. The van der Waals surface area contributed by atoms with Crippen LogP contribution in [0.15, 0.2) is 52.3 Å². The Morgan fingerprint density at radius 2 is 1.96 bits per heavy atom. The van der Waals surface area contributed by atoms with Crippen LogP contribution in [-0.4, -0.2) is 44.6 Å². The molecule has 2 aromatic carbocycles. The topological polar surface area (TPSA) is 75.7 Å². The normalized spacial score (nSPS) is 14.8. The van der Waals surface area contributed by atoms with E-state index in [0.29, 0.717) is 23.8 Å². The molecule has 0 radical (unpaired) electrons. The molecule has 1 aliphatic rings. The van der Waals surface area contributed by atoms with E-state index >= 15 is 0 Å². The van der Waals surface area contributed by atoms with Gasteiger partial charge in [0.25, 0.3) is 5.91 Å². The molecule has 3 rings (SSSR count). The van der Waals surface area contributed by atoms with E-state index in [0.717, 1.165) is 17.7 Å². The highest BCUT2D eigenvalue weighted by Gasteiger charge is 2.30. The smallest absolute Gasteiger partial charge is 0.262 e. The number of nitrogens with one attached hydrogen (secondary N) is 1. The number of halogens is 1. The monoisotopic (exact) mass is 440 g/mol. The summed E-state index contributed by atoms with van der Waals surface area (Å²) in [5.41, 5.74) is 0.654. The van der Waals surface area contributed by atoms with Gasteiger partial charge in [0.05, 0.1) is 0 Å². The predicted octanol–water partition coefficient (Wildman–Crippen LogP) is 3.86. The van der Waals surface area contributed by atoms with E-state index in [9.17, 15) is 13.2 Å². The Morgan fingerprint density at radius 1 is 1.21 bits per heavy atom. The second-order valence-electron chi connectivity index (χ2n) is 6.27. The molecule has 9 heteroatoms. The van der Waals surface area contributed by atoms with Crippen molar-refractivity contribution in [2.45, 2.75) is 22.6 Å². The van der Waals surface area contributed by atoms with Gasteiger partial charge in [0.1, 0.15) is 10.6 Å². The molecule has 0 atom stereocenters. The second kappa shape index (κ2) is 9.17. The van der Waals surface area contributed by atoms with E-state index in [-0.39, 0.29) is 23.2 Å². The molecule has 0 spiro atoms. The van der Waals surface area contributed by atoms with Crippen LogP contribution >= 0.6 is 23.4 Å². The number of anilines is 1. The molecule has 150 valence electrons. The van der Waals surface area contributed by atoms with E-state index in [1.807, 2.05) is 24.5 Å². The standard InChI is InChI=1S/C19H21ClN2O4S2/c1-27-16-6-4-5-15(12-16)21-19(23)13-26-17-8-7-14(20)11-18(17)28(24,25)22-9-2-3-10-22/h4-8,11-12H,2-3,9-10,13H2,1H3,(H,21,23). The lowest BCUT2D eigenvalue weighted by molar-refractivity contribution is -0.118. The zero-order valence-corrected chi connectivity index (χ0v) is 17.7. The number of sulfonamides is 1. The highest BCUT2D eigenvalue weighted by atomic mass is 35.5. The predicted molar refractivity (Wildman–Crippen MR) is 112 cm³/mol. The third-order valence-corrected chi connectivity index (χ3v) is 7.18. The van der Waals surface area contributed by atoms with Crippen molar-refractivity contribution in [3.8, 4) is 5.75 Å². The molecule has 2 aromatic rings. The van der Waals surface area contributed by atoms with E-state index in [2.05, 4.69) is 5.32 Å². The van der Waals surface area contributed by atoms with Crippen molar-refractivity contribution in [2.75, 3.05) is 31.3 Å². The molecular weight excluding hydrogens is 420 g/mol. The van der Waals surface area contributed by atoms with Crippen LogP contribution in [-0.2, 0) is 14.8 Å².